The van der Waals surface area contributed by atoms with Crippen LogP contribution in [0.5, 0.6) is 0 Å². The van der Waals surface area contributed by atoms with Gasteiger partial charge in [0.25, 0.3) is 5.91 Å². The zero-order valence-corrected chi connectivity index (χ0v) is 11.8. The van der Waals surface area contributed by atoms with Crippen molar-refractivity contribution in [3.8, 4) is 0 Å². The van der Waals surface area contributed by atoms with Crippen LogP contribution in [0.15, 0.2) is 15.9 Å². The highest BCUT2D eigenvalue weighted by molar-refractivity contribution is 9.10. The van der Waals surface area contributed by atoms with Gasteiger partial charge in [0, 0.05) is 30.5 Å². The van der Waals surface area contributed by atoms with Crippen LogP contribution in [0.3, 0.4) is 0 Å². The lowest BCUT2D eigenvalue weighted by Gasteiger charge is -2.30. The highest BCUT2D eigenvalue weighted by Crippen LogP contribution is 2.22. The maximum absolute atomic E-state index is 11.9. The molecule has 1 aliphatic heterocycles. The molecule has 0 aliphatic carbocycles. The molecule has 0 radical (unpaired) electrons. The summed E-state index contributed by atoms with van der Waals surface area (Å²) in [5, 5.41) is 4.83. The van der Waals surface area contributed by atoms with Crippen molar-refractivity contribution in [1.29, 1.82) is 0 Å². The first-order valence-electron chi connectivity index (χ1n) is 5.35. The third-order valence-corrected chi connectivity index (χ3v) is 4.62. The molecule has 1 aliphatic rings. The summed E-state index contributed by atoms with van der Waals surface area (Å²) >= 11 is 4.75. The molecule has 1 aromatic heterocycles. The van der Waals surface area contributed by atoms with E-state index in [1.807, 2.05) is 11.4 Å². The number of hydrogen-bond acceptors (Lipinski definition) is 3. The quantitative estimate of drug-likeness (QED) is 0.905. The number of likely N-dealkylation sites (N-methyl/N-ethyl adjacent to an activating group) is 1. The van der Waals surface area contributed by atoms with Crippen molar-refractivity contribution < 1.29 is 9.59 Å². The van der Waals surface area contributed by atoms with Crippen molar-refractivity contribution in [3.05, 3.63) is 20.8 Å². The predicted octanol–water partition coefficient (Wildman–Crippen LogP) is 1.86. The Morgan fingerprint density at radius 3 is 3.00 bits per heavy atom. The third-order valence-electron chi connectivity index (χ3n) is 2.79. The number of likely N-dealkylation sites (tertiary alicyclic amines) is 1. The van der Waals surface area contributed by atoms with Gasteiger partial charge >= 0.3 is 0 Å². The molecule has 0 unspecified atom stereocenters. The highest BCUT2D eigenvalue weighted by atomic mass is 79.9. The molecule has 1 fully saturated rings. The number of rotatable bonds is 2. The first-order valence-corrected chi connectivity index (χ1v) is 7.03. The van der Waals surface area contributed by atoms with E-state index in [0.717, 1.165) is 10.9 Å². The fourth-order valence-electron chi connectivity index (χ4n) is 1.84. The molecule has 2 rings (SSSR count). The second kappa shape index (κ2) is 5.18. The Balaban J connectivity index is 1.96. The van der Waals surface area contributed by atoms with Crippen LogP contribution < -0.4 is 5.32 Å². The van der Waals surface area contributed by atoms with Gasteiger partial charge in [0.2, 0.25) is 5.91 Å². The van der Waals surface area contributed by atoms with E-state index in [2.05, 4.69) is 21.2 Å². The molecule has 0 spiro atoms. The van der Waals surface area contributed by atoms with Crippen molar-refractivity contribution in [3.63, 3.8) is 0 Å². The fraction of sp³-hybridized carbons (Fsp3) is 0.455. The minimum atomic E-state index is -0.0698. The van der Waals surface area contributed by atoms with Crippen LogP contribution in [0.1, 0.15) is 22.5 Å². The Hall–Kier alpha value is -0.880. The van der Waals surface area contributed by atoms with Gasteiger partial charge in [-0.25, -0.2) is 0 Å². The summed E-state index contributed by atoms with van der Waals surface area (Å²) in [5.41, 5.74) is 0. The van der Waals surface area contributed by atoms with Crippen molar-refractivity contribution >= 4 is 39.1 Å². The van der Waals surface area contributed by atoms with Gasteiger partial charge in [0.05, 0.1) is 0 Å². The van der Waals surface area contributed by atoms with Crippen LogP contribution in [0.25, 0.3) is 0 Å². The number of hydrogen-bond donors (Lipinski definition) is 1. The van der Waals surface area contributed by atoms with Crippen LogP contribution in [0.2, 0.25) is 0 Å². The second-order valence-electron chi connectivity index (χ2n) is 4.08. The molecule has 0 saturated carbocycles. The van der Waals surface area contributed by atoms with E-state index >= 15 is 0 Å². The van der Waals surface area contributed by atoms with E-state index in [9.17, 15) is 9.59 Å². The Morgan fingerprint density at radius 2 is 2.41 bits per heavy atom. The molecule has 1 N–H and O–H groups in total. The first-order chi connectivity index (χ1) is 8.08. The molecule has 6 heteroatoms. The summed E-state index contributed by atoms with van der Waals surface area (Å²) in [6.45, 7) is 0.591. The Labute approximate surface area is 112 Å². The topological polar surface area (TPSA) is 49.4 Å². The summed E-state index contributed by atoms with van der Waals surface area (Å²) in [7, 11) is 1.77. The van der Waals surface area contributed by atoms with Gasteiger partial charge in [-0.3, -0.25) is 9.59 Å². The normalized spacial score (nSPS) is 20.5. The molecular formula is C11H13BrN2O2S. The first kappa shape index (κ1) is 12.6. The zero-order chi connectivity index (χ0) is 12.4. The van der Waals surface area contributed by atoms with Crippen LogP contribution in [-0.2, 0) is 4.79 Å². The summed E-state index contributed by atoms with van der Waals surface area (Å²) in [6.07, 6.45) is 1.23. The van der Waals surface area contributed by atoms with Gasteiger partial charge < -0.3 is 10.2 Å². The summed E-state index contributed by atoms with van der Waals surface area (Å²) in [5.74, 6) is 0.0763. The standard InChI is InChI=1S/C11H13BrN2O2S/c1-14-6-7(2-3-9(14)15)13-11(16)10-8(12)4-5-17-10/h4-5,7H,2-3,6H2,1H3,(H,13,16)/t7-/m1/s1. The fourth-order valence-corrected chi connectivity index (χ4v) is 3.29. The van der Waals surface area contributed by atoms with Crippen molar-refractivity contribution in [2.75, 3.05) is 13.6 Å². The lowest BCUT2D eigenvalue weighted by atomic mass is 10.1. The van der Waals surface area contributed by atoms with Gasteiger partial charge in [0.1, 0.15) is 4.88 Å². The largest absolute Gasteiger partial charge is 0.347 e. The molecule has 1 atom stereocenters. The third kappa shape index (κ3) is 2.87. The van der Waals surface area contributed by atoms with E-state index in [0.29, 0.717) is 17.8 Å². The molecule has 4 nitrogen and oxygen atoms in total. The Morgan fingerprint density at radius 1 is 1.65 bits per heavy atom. The molecule has 1 saturated heterocycles. The Kier molecular flexibility index (Phi) is 3.83. The minimum absolute atomic E-state index is 0.0548. The average Bonchev–Trinajstić information content (AvgIpc) is 2.70. The van der Waals surface area contributed by atoms with Gasteiger partial charge in [0.15, 0.2) is 0 Å². The highest BCUT2D eigenvalue weighted by Gasteiger charge is 2.25. The Bertz CT molecular complexity index is 446. The van der Waals surface area contributed by atoms with E-state index in [-0.39, 0.29) is 17.9 Å². The lowest BCUT2D eigenvalue weighted by molar-refractivity contribution is -0.132. The second-order valence-corrected chi connectivity index (χ2v) is 5.85. The van der Waals surface area contributed by atoms with E-state index in [1.54, 1.807) is 11.9 Å². The number of carbonyl (C=O) groups excluding carboxylic acids is 2. The number of amides is 2. The molecule has 17 heavy (non-hydrogen) atoms. The van der Waals surface area contributed by atoms with Crippen LogP contribution in [0.4, 0.5) is 0 Å². The smallest absolute Gasteiger partial charge is 0.262 e. The van der Waals surface area contributed by atoms with Crippen LogP contribution >= 0.6 is 27.3 Å². The molecule has 92 valence electrons. The van der Waals surface area contributed by atoms with E-state index in [4.69, 9.17) is 0 Å². The summed E-state index contributed by atoms with van der Waals surface area (Å²) in [4.78, 5) is 25.6. The van der Waals surface area contributed by atoms with Crippen molar-refractivity contribution in [1.82, 2.24) is 10.2 Å². The summed E-state index contributed by atoms with van der Waals surface area (Å²) in [6, 6.07) is 1.91. The molecule has 2 amide bonds. The SMILES string of the molecule is CN1C[C@H](NC(=O)c2sccc2Br)CCC1=O. The monoisotopic (exact) mass is 316 g/mol. The zero-order valence-electron chi connectivity index (χ0n) is 9.40. The lowest BCUT2D eigenvalue weighted by Crippen LogP contribution is -2.48. The maximum atomic E-state index is 11.9. The average molecular weight is 317 g/mol. The van der Waals surface area contributed by atoms with E-state index in [1.165, 1.54) is 11.3 Å². The van der Waals surface area contributed by atoms with Crippen LogP contribution in [-0.4, -0.2) is 36.3 Å². The number of thiophene rings is 1. The van der Waals surface area contributed by atoms with E-state index < -0.39 is 0 Å². The molecule has 1 aromatic rings. The number of carbonyl (C=O) groups is 2. The maximum Gasteiger partial charge on any atom is 0.262 e. The molecule has 0 bridgehead atoms. The van der Waals surface area contributed by atoms with Gasteiger partial charge in [-0.2, -0.15) is 0 Å². The molecule has 0 aromatic carbocycles. The molecule has 2 heterocycles. The van der Waals surface area contributed by atoms with Crippen LogP contribution in [0, 0.1) is 0 Å². The minimum Gasteiger partial charge on any atom is -0.347 e. The van der Waals surface area contributed by atoms with Gasteiger partial charge in [-0.05, 0) is 33.8 Å². The number of piperidine rings is 1. The molecular weight excluding hydrogens is 304 g/mol. The van der Waals surface area contributed by atoms with Gasteiger partial charge in [-0.15, -0.1) is 11.3 Å². The predicted molar refractivity (Wildman–Crippen MR) is 70.1 cm³/mol. The summed E-state index contributed by atoms with van der Waals surface area (Å²) < 4.78 is 0.820. The number of nitrogens with zero attached hydrogens (tertiary/aromatic N) is 1. The number of nitrogens with one attached hydrogen (secondary N) is 1. The number of halogens is 1. The van der Waals surface area contributed by atoms with Crippen molar-refractivity contribution in [2.45, 2.75) is 18.9 Å². The van der Waals surface area contributed by atoms with Crippen molar-refractivity contribution in [2.24, 2.45) is 0 Å². The van der Waals surface area contributed by atoms with Gasteiger partial charge in [-0.1, -0.05) is 0 Å².